The first-order chi connectivity index (χ1) is 11.3. The van der Waals surface area contributed by atoms with Gasteiger partial charge >= 0.3 is 12.2 Å². The van der Waals surface area contributed by atoms with Crippen LogP contribution in [0.2, 0.25) is 0 Å². The largest absolute Gasteiger partial charge is 0.391 e. The molecule has 3 N–H and O–H groups in total. The Morgan fingerprint density at radius 2 is 2.08 bits per heavy atom. The fourth-order valence-electron chi connectivity index (χ4n) is 2.66. The highest BCUT2D eigenvalue weighted by Gasteiger charge is 2.42. The summed E-state index contributed by atoms with van der Waals surface area (Å²) < 4.78 is 38.2. The number of halogens is 3. The summed E-state index contributed by atoms with van der Waals surface area (Å²) in [6, 6.07) is 2.11. The molecule has 0 aromatic carbocycles. The van der Waals surface area contributed by atoms with Crippen LogP contribution in [-0.4, -0.2) is 35.7 Å². The summed E-state index contributed by atoms with van der Waals surface area (Å²) >= 11 is 0. The number of carbonyl (C=O) groups excluding carboxylic acids is 2. The van der Waals surface area contributed by atoms with Crippen molar-refractivity contribution < 1.29 is 22.8 Å². The van der Waals surface area contributed by atoms with Crippen LogP contribution in [0, 0.1) is 5.92 Å². The number of aromatic nitrogens is 1. The number of amides is 3. The lowest BCUT2D eigenvalue weighted by atomic mass is 9.85. The van der Waals surface area contributed by atoms with Crippen LogP contribution in [0.25, 0.3) is 0 Å². The fraction of sp³-hybridized carbons (Fsp3) is 0.533. The molecule has 1 aliphatic rings. The molecule has 2 atom stereocenters. The molecule has 1 aromatic rings. The van der Waals surface area contributed by atoms with Gasteiger partial charge in [-0.25, -0.2) is 4.79 Å². The molecule has 3 amide bonds. The van der Waals surface area contributed by atoms with Crippen LogP contribution >= 0.6 is 0 Å². The number of nitrogens with one attached hydrogen (secondary N) is 3. The van der Waals surface area contributed by atoms with Gasteiger partial charge in [0.2, 0.25) is 5.91 Å². The summed E-state index contributed by atoms with van der Waals surface area (Å²) in [4.78, 5) is 27.2. The van der Waals surface area contributed by atoms with E-state index in [9.17, 15) is 22.8 Å². The van der Waals surface area contributed by atoms with E-state index in [4.69, 9.17) is 0 Å². The quantitative estimate of drug-likeness (QED) is 0.784. The summed E-state index contributed by atoms with van der Waals surface area (Å²) in [5.41, 5.74) is 0.491. The SMILES string of the molecule is O=C(CNC(=O)N[C@H]1CCC[C@@H](C(F)(F)F)C1)Nc1cccnc1. The number of nitrogens with zero attached hydrogens (tertiary/aromatic N) is 1. The maximum absolute atomic E-state index is 12.7. The van der Waals surface area contributed by atoms with Gasteiger partial charge in [-0.05, 0) is 31.4 Å². The van der Waals surface area contributed by atoms with Crippen molar-refractivity contribution in [2.45, 2.75) is 37.9 Å². The second-order valence-corrected chi connectivity index (χ2v) is 5.72. The molecule has 1 saturated carbocycles. The van der Waals surface area contributed by atoms with Crippen LogP contribution in [-0.2, 0) is 4.79 Å². The van der Waals surface area contributed by atoms with Crippen molar-refractivity contribution in [1.29, 1.82) is 0 Å². The molecular formula is C15H19F3N4O2. The second kappa shape index (κ2) is 7.98. The lowest BCUT2D eigenvalue weighted by Gasteiger charge is -2.30. The molecule has 1 aromatic heterocycles. The summed E-state index contributed by atoms with van der Waals surface area (Å²) in [6.07, 6.45) is -0.342. The van der Waals surface area contributed by atoms with E-state index in [2.05, 4.69) is 20.9 Å². The molecule has 2 rings (SSSR count). The summed E-state index contributed by atoms with van der Waals surface area (Å²) in [6.45, 7) is -0.282. The van der Waals surface area contributed by atoms with Crippen LogP contribution < -0.4 is 16.0 Å². The van der Waals surface area contributed by atoms with E-state index in [0.29, 0.717) is 18.5 Å². The standard InChI is InChI=1S/C15H19F3N4O2/c16-15(17,18)10-3-1-4-11(7-10)22-14(24)20-9-13(23)21-12-5-2-6-19-8-12/h2,5-6,8,10-11H,1,3-4,7,9H2,(H,21,23)(H2,20,22,24)/t10-,11+/m1/s1. The van der Waals surface area contributed by atoms with Crippen molar-refractivity contribution >= 4 is 17.6 Å². The van der Waals surface area contributed by atoms with Crippen molar-refractivity contribution in [3.63, 3.8) is 0 Å². The van der Waals surface area contributed by atoms with Crippen molar-refractivity contribution in [2.75, 3.05) is 11.9 Å². The maximum Gasteiger partial charge on any atom is 0.391 e. The molecule has 24 heavy (non-hydrogen) atoms. The molecule has 1 aliphatic carbocycles. The predicted molar refractivity (Wildman–Crippen MR) is 81.2 cm³/mol. The molecule has 9 heteroatoms. The van der Waals surface area contributed by atoms with Gasteiger partial charge in [-0.15, -0.1) is 0 Å². The predicted octanol–water partition coefficient (Wildman–Crippen LogP) is 2.44. The number of urea groups is 1. The van der Waals surface area contributed by atoms with Crippen LogP contribution in [0.4, 0.5) is 23.7 Å². The number of pyridine rings is 1. The first-order valence-electron chi connectivity index (χ1n) is 7.65. The van der Waals surface area contributed by atoms with Gasteiger partial charge in [0.05, 0.1) is 24.3 Å². The second-order valence-electron chi connectivity index (χ2n) is 5.72. The molecule has 0 unspecified atom stereocenters. The Kier molecular flexibility index (Phi) is 5.99. The van der Waals surface area contributed by atoms with Gasteiger partial charge in [-0.2, -0.15) is 13.2 Å². The number of alkyl halides is 3. The molecule has 0 aliphatic heterocycles. The lowest BCUT2D eigenvalue weighted by molar-refractivity contribution is -0.183. The first kappa shape index (κ1) is 18.0. The van der Waals surface area contributed by atoms with Gasteiger partial charge in [0, 0.05) is 12.2 Å². The number of anilines is 1. The van der Waals surface area contributed by atoms with Crippen molar-refractivity contribution in [3.05, 3.63) is 24.5 Å². The zero-order chi connectivity index (χ0) is 17.6. The third-order valence-corrected chi connectivity index (χ3v) is 3.83. The monoisotopic (exact) mass is 344 g/mol. The molecule has 0 bridgehead atoms. The Balaban J connectivity index is 1.72. The highest BCUT2D eigenvalue weighted by Crippen LogP contribution is 2.37. The molecule has 0 spiro atoms. The number of hydrogen-bond donors (Lipinski definition) is 3. The Morgan fingerprint density at radius 1 is 1.29 bits per heavy atom. The van der Waals surface area contributed by atoms with Crippen molar-refractivity contribution in [3.8, 4) is 0 Å². The highest BCUT2D eigenvalue weighted by atomic mass is 19.4. The minimum Gasteiger partial charge on any atom is -0.335 e. The Bertz CT molecular complexity index is 566. The summed E-state index contributed by atoms with van der Waals surface area (Å²) in [5, 5.41) is 7.37. The number of rotatable bonds is 4. The highest BCUT2D eigenvalue weighted by molar-refractivity contribution is 5.94. The third-order valence-electron chi connectivity index (χ3n) is 3.83. The van der Waals surface area contributed by atoms with Gasteiger partial charge in [-0.1, -0.05) is 6.42 Å². The Hall–Kier alpha value is -2.32. The van der Waals surface area contributed by atoms with Crippen LogP contribution in [0.1, 0.15) is 25.7 Å². The van der Waals surface area contributed by atoms with Crippen LogP contribution in [0.15, 0.2) is 24.5 Å². The zero-order valence-corrected chi connectivity index (χ0v) is 12.9. The molecule has 132 valence electrons. The maximum atomic E-state index is 12.7. The topological polar surface area (TPSA) is 83.1 Å². The molecular weight excluding hydrogens is 325 g/mol. The van der Waals surface area contributed by atoms with Crippen molar-refractivity contribution in [2.24, 2.45) is 5.92 Å². The first-order valence-corrected chi connectivity index (χ1v) is 7.65. The molecule has 0 radical (unpaired) electrons. The minimum atomic E-state index is -4.24. The van der Waals surface area contributed by atoms with E-state index in [1.54, 1.807) is 18.3 Å². The summed E-state index contributed by atoms with van der Waals surface area (Å²) in [5.74, 6) is -1.83. The van der Waals surface area contributed by atoms with Crippen LogP contribution in [0.5, 0.6) is 0 Å². The van der Waals surface area contributed by atoms with E-state index in [1.807, 2.05) is 0 Å². The van der Waals surface area contributed by atoms with Gasteiger partial charge < -0.3 is 16.0 Å². The normalized spacial score (nSPS) is 21.0. The Labute approximate surface area is 137 Å². The average molecular weight is 344 g/mol. The van der Waals surface area contributed by atoms with E-state index < -0.39 is 30.1 Å². The van der Waals surface area contributed by atoms with Gasteiger partial charge in [0.25, 0.3) is 0 Å². The third kappa shape index (κ3) is 5.71. The molecule has 0 saturated heterocycles. The van der Waals surface area contributed by atoms with E-state index >= 15 is 0 Å². The molecule has 1 fully saturated rings. The van der Waals surface area contributed by atoms with Gasteiger partial charge in [-0.3, -0.25) is 9.78 Å². The summed E-state index contributed by atoms with van der Waals surface area (Å²) in [7, 11) is 0. The van der Waals surface area contributed by atoms with Crippen molar-refractivity contribution in [1.82, 2.24) is 15.6 Å². The van der Waals surface area contributed by atoms with Gasteiger partial charge in [0.15, 0.2) is 0 Å². The van der Waals surface area contributed by atoms with E-state index in [-0.39, 0.29) is 19.4 Å². The minimum absolute atomic E-state index is 0.0941. The van der Waals surface area contributed by atoms with E-state index in [1.165, 1.54) is 6.20 Å². The molecule has 6 nitrogen and oxygen atoms in total. The fourth-order valence-corrected chi connectivity index (χ4v) is 2.66. The Morgan fingerprint density at radius 3 is 2.75 bits per heavy atom. The van der Waals surface area contributed by atoms with E-state index in [0.717, 1.165) is 0 Å². The van der Waals surface area contributed by atoms with Crippen LogP contribution in [0.3, 0.4) is 0 Å². The average Bonchev–Trinajstić information content (AvgIpc) is 2.53. The number of hydrogen-bond acceptors (Lipinski definition) is 3. The molecule has 1 heterocycles. The zero-order valence-electron chi connectivity index (χ0n) is 12.9. The van der Waals surface area contributed by atoms with Gasteiger partial charge in [0.1, 0.15) is 0 Å². The smallest absolute Gasteiger partial charge is 0.335 e. The lowest BCUT2D eigenvalue weighted by Crippen LogP contribution is -2.47. The number of carbonyl (C=O) groups is 2.